The lowest BCUT2D eigenvalue weighted by atomic mass is 9.82. The smallest absolute Gasteiger partial charge is 0.317 e. The van der Waals surface area contributed by atoms with Gasteiger partial charge >= 0.3 is 6.03 Å². The zero-order valence-corrected chi connectivity index (χ0v) is 16.5. The minimum absolute atomic E-state index is 0.0205. The summed E-state index contributed by atoms with van der Waals surface area (Å²) in [4.78, 5) is 17.0. The summed E-state index contributed by atoms with van der Waals surface area (Å²) in [5.41, 5.74) is 0.905. The van der Waals surface area contributed by atoms with E-state index in [4.69, 9.17) is 4.74 Å². The van der Waals surface area contributed by atoms with Gasteiger partial charge in [0.1, 0.15) is 5.75 Å². The van der Waals surface area contributed by atoms with Crippen LogP contribution in [-0.4, -0.2) is 56.7 Å². The molecule has 0 aliphatic carbocycles. The summed E-state index contributed by atoms with van der Waals surface area (Å²) in [7, 11) is 5.84. The van der Waals surface area contributed by atoms with Crippen molar-refractivity contribution >= 4 is 6.03 Å². The first kappa shape index (κ1) is 19.6. The van der Waals surface area contributed by atoms with Gasteiger partial charge in [-0.1, -0.05) is 39.0 Å². The molecule has 5 heteroatoms. The molecule has 0 radical (unpaired) electrons. The van der Waals surface area contributed by atoms with Crippen LogP contribution in [0.5, 0.6) is 5.75 Å². The number of para-hydroxylation sites is 1. The standard InChI is InChI=1S/C20H33N3O2/c1-20(2,3)18(16-9-7-8-10-17(16)25-6)21-19(24)23-12-11-15(14-23)13-22(4)5/h7-10,15,18H,11-14H2,1-6H3,(H,21,24)/t15-,18+/m0/s1. The maximum absolute atomic E-state index is 12.9. The molecular weight excluding hydrogens is 314 g/mol. The van der Waals surface area contributed by atoms with Gasteiger partial charge in [-0.2, -0.15) is 0 Å². The highest BCUT2D eigenvalue weighted by Crippen LogP contribution is 2.37. The van der Waals surface area contributed by atoms with Crippen LogP contribution in [0.3, 0.4) is 0 Å². The molecular formula is C20H33N3O2. The molecule has 0 aromatic heterocycles. The van der Waals surface area contributed by atoms with E-state index in [9.17, 15) is 4.79 Å². The Labute approximate surface area is 152 Å². The van der Waals surface area contributed by atoms with Gasteiger partial charge in [-0.15, -0.1) is 0 Å². The summed E-state index contributed by atoms with van der Waals surface area (Å²) < 4.78 is 5.52. The molecule has 1 fully saturated rings. The van der Waals surface area contributed by atoms with E-state index in [1.165, 1.54) is 0 Å². The summed E-state index contributed by atoms with van der Waals surface area (Å²) in [6.07, 6.45) is 1.07. The second-order valence-electron chi connectivity index (χ2n) is 8.35. The highest BCUT2D eigenvalue weighted by Gasteiger charge is 2.33. The third-order valence-electron chi connectivity index (χ3n) is 4.78. The highest BCUT2D eigenvalue weighted by atomic mass is 16.5. The van der Waals surface area contributed by atoms with E-state index in [0.29, 0.717) is 5.92 Å². The number of benzene rings is 1. The fourth-order valence-corrected chi connectivity index (χ4v) is 3.56. The van der Waals surface area contributed by atoms with Gasteiger partial charge in [0.15, 0.2) is 0 Å². The van der Waals surface area contributed by atoms with Crippen molar-refractivity contribution in [1.82, 2.24) is 15.1 Å². The molecule has 1 heterocycles. The van der Waals surface area contributed by atoms with Crippen LogP contribution in [-0.2, 0) is 0 Å². The van der Waals surface area contributed by atoms with Crippen LogP contribution in [0, 0.1) is 11.3 Å². The van der Waals surface area contributed by atoms with Crippen LogP contribution in [0.15, 0.2) is 24.3 Å². The number of hydrogen-bond donors (Lipinski definition) is 1. The van der Waals surface area contributed by atoms with E-state index in [1.807, 2.05) is 29.2 Å². The van der Waals surface area contributed by atoms with E-state index in [1.54, 1.807) is 7.11 Å². The van der Waals surface area contributed by atoms with Crippen molar-refractivity contribution in [2.24, 2.45) is 11.3 Å². The van der Waals surface area contributed by atoms with E-state index in [-0.39, 0.29) is 17.5 Å². The van der Waals surface area contributed by atoms with Crippen LogP contribution >= 0.6 is 0 Å². The topological polar surface area (TPSA) is 44.8 Å². The molecule has 2 rings (SSSR count). The molecule has 2 atom stereocenters. The summed E-state index contributed by atoms with van der Waals surface area (Å²) in [6, 6.07) is 7.84. The SMILES string of the molecule is COc1ccccc1[C@@H](NC(=O)N1CC[C@@H](CN(C)C)C1)C(C)(C)C. The van der Waals surface area contributed by atoms with Crippen LogP contribution in [0.2, 0.25) is 0 Å². The third-order valence-corrected chi connectivity index (χ3v) is 4.78. The van der Waals surface area contributed by atoms with Crippen molar-refractivity contribution < 1.29 is 9.53 Å². The van der Waals surface area contributed by atoms with E-state index in [0.717, 1.165) is 37.4 Å². The number of ether oxygens (including phenoxy) is 1. The molecule has 1 aliphatic heterocycles. The molecule has 1 aromatic rings. The second kappa shape index (κ2) is 8.09. The van der Waals surface area contributed by atoms with Crippen LogP contribution in [0.25, 0.3) is 0 Å². The van der Waals surface area contributed by atoms with Gasteiger partial charge in [0.05, 0.1) is 13.2 Å². The van der Waals surface area contributed by atoms with Crippen molar-refractivity contribution in [2.75, 3.05) is 40.8 Å². The predicted molar refractivity (Wildman–Crippen MR) is 102 cm³/mol. The maximum atomic E-state index is 12.9. The largest absolute Gasteiger partial charge is 0.496 e. The number of methoxy groups -OCH3 is 1. The van der Waals surface area contributed by atoms with Crippen molar-refractivity contribution in [3.63, 3.8) is 0 Å². The Balaban J connectivity index is 2.12. The van der Waals surface area contributed by atoms with Crippen molar-refractivity contribution in [2.45, 2.75) is 33.2 Å². The number of nitrogens with zero attached hydrogens (tertiary/aromatic N) is 2. The molecule has 0 unspecified atom stereocenters. The lowest BCUT2D eigenvalue weighted by molar-refractivity contribution is 0.185. The number of hydrogen-bond acceptors (Lipinski definition) is 3. The Morgan fingerprint density at radius 3 is 2.64 bits per heavy atom. The monoisotopic (exact) mass is 347 g/mol. The van der Waals surface area contributed by atoms with E-state index < -0.39 is 0 Å². The molecule has 0 bridgehead atoms. The minimum Gasteiger partial charge on any atom is -0.496 e. The zero-order valence-electron chi connectivity index (χ0n) is 16.5. The van der Waals surface area contributed by atoms with Gasteiger partial charge in [0, 0.05) is 25.2 Å². The highest BCUT2D eigenvalue weighted by molar-refractivity contribution is 5.75. The maximum Gasteiger partial charge on any atom is 0.317 e. The Bertz CT molecular complexity index is 581. The van der Waals surface area contributed by atoms with Crippen molar-refractivity contribution in [3.8, 4) is 5.75 Å². The Hall–Kier alpha value is -1.75. The van der Waals surface area contributed by atoms with Gasteiger partial charge in [0.25, 0.3) is 0 Å². The fourth-order valence-electron chi connectivity index (χ4n) is 3.56. The molecule has 2 amide bonds. The van der Waals surface area contributed by atoms with Crippen molar-refractivity contribution in [3.05, 3.63) is 29.8 Å². The predicted octanol–water partition coefficient (Wildman–Crippen LogP) is 3.38. The molecule has 1 N–H and O–H groups in total. The lowest BCUT2D eigenvalue weighted by Gasteiger charge is -2.34. The first-order valence-electron chi connectivity index (χ1n) is 9.05. The average molecular weight is 348 g/mol. The number of urea groups is 1. The lowest BCUT2D eigenvalue weighted by Crippen LogP contribution is -2.44. The van der Waals surface area contributed by atoms with Crippen LogP contribution < -0.4 is 10.1 Å². The van der Waals surface area contributed by atoms with Gasteiger partial charge < -0.3 is 19.9 Å². The molecule has 1 aromatic carbocycles. The molecule has 5 nitrogen and oxygen atoms in total. The third kappa shape index (κ3) is 5.11. The Kier molecular flexibility index (Phi) is 6.33. The average Bonchev–Trinajstić information content (AvgIpc) is 2.99. The molecule has 25 heavy (non-hydrogen) atoms. The van der Waals surface area contributed by atoms with Gasteiger partial charge in [-0.05, 0) is 37.9 Å². The van der Waals surface area contributed by atoms with Gasteiger partial charge in [-0.3, -0.25) is 0 Å². The first-order valence-corrected chi connectivity index (χ1v) is 9.05. The number of carbonyl (C=O) groups is 1. The zero-order chi connectivity index (χ0) is 18.6. The molecule has 0 spiro atoms. The number of likely N-dealkylation sites (tertiary alicyclic amines) is 1. The summed E-state index contributed by atoms with van der Waals surface area (Å²) in [5, 5.41) is 3.26. The Morgan fingerprint density at radius 1 is 1.36 bits per heavy atom. The van der Waals surface area contributed by atoms with Gasteiger partial charge in [0.2, 0.25) is 0 Å². The van der Waals surface area contributed by atoms with Gasteiger partial charge in [-0.25, -0.2) is 4.79 Å². The van der Waals surface area contributed by atoms with Crippen LogP contribution in [0.1, 0.15) is 38.8 Å². The number of nitrogens with one attached hydrogen (secondary N) is 1. The van der Waals surface area contributed by atoms with Crippen LogP contribution in [0.4, 0.5) is 4.79 Å². The first-order chi connectivity index (χ1) is 11.7. The second-order valence-corrected chi connectivity index (χ2v) is 8.35. The molecule has 140 valence electrons. The summed E-state index contributed by atoms with van der Waals surface area (Å²) in [6.45, 7) is 9.11. The number of amides is 2. The van der Waals surface area contributed by atoms with Crippen molar-refractivity contribution in [1.29, 1.82) is 0 Å². The normalized spacial score (nSPS) is 19.2. The minimum atomic E-state index is -0.118. The quantitative estimate of drug-likeness (QED) is 0.888. The summed E-state index contributed by atoms with van der Waals surface area (Å²) in [5.74, 6) is 1.37. The molecule has 0 saturated carbocycles. The molecule has 1 aliphatic rings. The number of rotatable bonds is 5. The summed E-state index contributed by atoms with van der Waals surface area (Å²) >= 11 is 0. The molecule has 1 saturated heterocycles. The fraction of sp³-hybridized carbons (Fsp3) is 0.650. The number of carbonyl (C=O) groups excluding carboxylic acids is 1. The Morgan fingerprint density at radius 2 is 2.04 bits per heavy atom. The van der Waals surface area contributed by atoms with E-state index in [2.05, 4.69) is 45.1 Å². The van der Waals surface area contributed by atoms with E-state index >= 15 is 0 Å².